The first kappa shape index (κ1) is 16.1. The molecule has 1 aliphatic rings. The van der Waals surface area contributed by atoms with Crippen LogP contribution in [0.2, 0.25) is 5.02 Å². The normalized spacial score (nSPS) is 18.5. The summed E-state index contributed by atoms with van der Waals surface area (Å²) in [6, 6.07) is 2.69. The monoisotopic (exact) mass is 378 g/mol. The van der Waals surface area contributed by atoms with Crippen molar-refractivity contribution in [1.29, 1.82) is 0 Å². The van der Waals surface area contributed by atoms with Crippen LogP contribution in [0.15, 0.2) is 21.6 Å². The molecule has 1 atom stereocenters. The Hall–Kier alpha value is -0.260. The van der Waals surface area contributed by atoms with Crippen LogP contribution in [0.25, 0.3) is 0 Å². The second-order valence-electron chi connectivity index (χ2n) is 4.75. The van der Waals surface area contributed by atoms with E-state index in [2.05, 4.69) is 40.1 Å². The Morgan fingerprint density at radius 1 is 1.50 bits per heavy atom. The van der Waals surface area contributed by atoms with Gasteiger partial charge in [-0.3, -0.25) is 4.99 Å². The molecule has 1 unspecified atom stereocenters. The fourth-order valence-corrected chi connectivity index (χ4v) is 4.51. The van der Waals surface area contributed by atoms with Gasteiger partial charge in [-0.05, 0) is 34.0 Å². The summed E-state index contributed by atoms with van der Waals surface area (Å²) in [5.74, 6) is 0.318. The highest BCUT2D eigenvalue weighted by Gasteiger charge is 2.26. The lowest BCUT2D eigenvalue weighted by molar-refractivity contribution is 0.479. The first-order valence-electron chi connectivity index (χ1n) is 6.67. The Morgan fingerprint density at radius 3 is 2.80 bits per heavy atom. The number of aliphatic imine (C=N–C) groups is 1. The van der Waals surface area contributed by atoms with Crippen molar-refractivity contribution in [3.63, 3.8) is 0 Å². The number of nitrogens with one attached hydrogen (secondary N) is 1. The molecule has 1 N–H and O–H groups in total. The average Bonchev–Trinajstić information content (AvgIpc) is 2.84. The van der Waals surface area contributed by atoms with Crippen molar-refractivity contribution in [2.75, 3.05) is 11.9 Å². The second kappa shape index (κ2) is 7.14. The minimum atomic E-state index is -0.358. The van der Waals surface area contributed by atoms with E-state index in [1.54, 1.807) is 11.8 Å². The molecule has 0 saturated heterocycles. The van der Waals surface area contributed by atoms with Gasteiger partial charge in [0.1, 0.15) is 5.82 Å². The third-order valence-corrected chi connectivity index (χ3v) is 5.71. The highest BCUT2D eigenvalue weighted by Crippen LogP contribution is 2.36. The summed E-state index contributed by atoms with van der Waals surface area (Å²) in [5, 5.41) is 4.93. The maximum atomic E-state index is 13.2. The van der Waals surface area contributed by atoms with Crippen molar-refractivity contribution in [3.05, 3.63) is 27.4 Å². The Morgan fingerprint density at radius 2 is 2.20 bits per heavy atom. The topological polar surface area (TPSA) is 24.4 Å². The summed E-state index contributed by atoms with van der Waals surface area (Å²) < 4.78 is 13.8. The quantitative estimate of drug-likeness (QED) is 0.740. The zero-order valence-corrected chi connectivity index (χ0v) is 14.6. The van der Waals surface area contributed by atoms with Gasteiger partial charge in [0.25, 0.3) is 0 Å². The molecule has 0 amide bonds. The SMILES string of the molecule is CCC(CC)C1CN=C(Nc2c(Cl)cc(F)cc2Br)S1. The Kier molecular flexibility index (Phi) is 5.75. The van der Waals surface area contributed by atoms with Crippen LogP contribution < -0.4 is 5.32 Å². The van der Waals surface area contributed by atoms with E-state index >= 15 is 0 Å². The van der Waals surface area contributed by atoms with Crippen molar-refractivity contribution in [3.8, 4) is 0 Å². The van der Waals surface area contributed by atoms with Crippen molar-refractivity contribution in [2.24, 2.45) is 10.9 Å². The molecule has 0 spiro atoms. The van der Waals surface area contributed by atoms with Gasteiger partial charge >= 0.3 is 0 Å². The van der Waals surface area contributed by atoms with Gasteiger partial charge in [-0.15, -0.1) is 0 Å². The van der Waals surface area contributed by atoms with Crippen LogP contribution in [0.1, 0.15) is 26.7 Å². The van der Waals surface area contributed by atoms with Crippen LogP contribution in [-0.2, 0) is 0 Å². The van der Waals surface area contributed by atoms with Gasteiger partial charge in [-0.1, -0.05) is 50.1 Å². The van der Waals surface area contributed by atoms with E-state index in [0.29, 0.717) is 26.4 Å². The van der Waals surface area contributed by atoms with E-state index in [1.165, 1.54) is 12.1 Å². The smallest absolute Gasteiger partial charge is 0.161 e. The van der Waals surface area contributed by atoms with E-state index < -0.39 is 0 Å². The third-order valence-electron chi connectivity index (χ3n) is 3.49. The highest BCUT2D eigenvalue weighted by molar-refractivity contribution is 9.10. The first-order valence-corrected chi connectivity index (χ1v) is 8.72. The van der Waals surface area contributed by atoms with Crippen molar-refractivity contribution in [2.45, 2.75) is 31.9 Å². The summed E-state index contributed by atoms with van der Waals surface area (Å²) in [5.41, 5.74) is 0.671. The summed E-state index contributed by atoms with van der Waals surface area (Å²) >= 11 is 11.1. The van der Waals surface area contributed by atoms with E-state index in [1.807, 2.05) is 0 Å². The number of anilines is 1. The maximum Gasteiger partial charge on any atom is 0.161 e. The minimum absolute atomic E-state index is 0.353. The molecule has 0 radical (unpaired) electrons. The number of hydrogen-bond acceptors (Lipinski definition) is 3. The minimum Gasteiger partial charge on any atom is -0.333 e. The van der Waals surface area contributed by atoms with E-state index in [0.717, 1.165) is 24.6 Å². The van der Waals surface area contributed by atoms with Crippen LogP contribution in [0.3, 0.4) is 0 Å². The molecule has 0 aromatic heterocycles. The van der Waals surface area contributed by atoms with E-state index in [9.17, 15) is 4.39 Å². The summed E-state index contributed by atoms with van der Waals surface area (Å²) in [6.07, 6.45) is 2.33. The zero-order valence-electron chi connectivity index (χ0n) is 11.4. The maximum absolute atomic E-state index is 13.2. The van der Waals surface area contributed by atoms with E-state index in [-0.39, 0.29) is 5.82 Å². The number of hydrogen-bond donors (Lipinski definition) is 1. The molecule has 110 valence electrons. The number of halogens is 3. The van der Waals surface area contributed by atoms with Gasteiger partial charge in [-0.25, -0.2) is 4.39 Å². The molecule has 20 heavy (non-hydrogen) atoms. The second-order valence-corrected chi connectivity index (χ2v) is 7.24. The fourth-order valence-electron chi connectivity index (χ4n) is 2.29. The Bertz CT molecular complexity index is 497. The molecule has 0 saturated carbocycles. The van der Waals surface area contributed by atoms with Crippen molar-refractivity contribution in [1.82, 2.24) is 0 Å². The largest absolute Gasteiger partial charge is 0.333 e. The zero-order chi connectivity index (χ0) is 14.7. The van der Waals surface area contributed by atoms with Gasteiger partial charge in [-0.2, -0.15) is 0 Å². The van der Waals surface area contributed by atoms with Crippen LogP contribution in [0, 0.1) is 11.7 Å². The number of thioether (sulfide) groups is 1. The van der Waals surface area contributed by atoms with Gasteiger partial charge in [0.05, 0.1) is 17.3 Å². The summed E-state index contributed by atoms with van der Waals surface area (Å²) in [7, 11) is 0. The molecular weight excluding hydrogens is 363 g/mol. The third kappa shape index (κ3) is 3.68. The number of nitrogens with zero attached hydrogens (tertiary/aromatic N) is 1. The lowest BCUT2D eigenvalue weighted by Crippen LogP contribution is -2.17. The highest BCUT2D eigenvalue weighted by atomic mass is 79.9. The van der Waals surface area contributed by atoms with Crippen molar-refractivity contribution < 1.29 is 4.39 Å². The summed E-state index contributed by atoms with van der Waals surface area (Å²) in [6.45, 7) is 5.26. The first-order chi connectivity index (χ1) is 9.55. The van der Waals surface area contributed by atoms with Gasteiger partial charge in [0, 0.05) is 9.72 Å². The van der Waals surface area contributed by atoms with Crippen LogP contribution in [-0.4, -0.2) is 17.0 Å². The molecule has 0 aliphatic carbocycles. The van der Waals surface area contributed by atoms with Gasteiger partial charge < -0.3 is 5.32 Å². The van der Waals surface area contributed by atoms with Crippen molar-refractivity contribution >= 4 is 50.1 Å². The van der Waals surface area contributed by atoms with E-state index in [4.69, 9.17) is 11.6 Å². The molecule has 2 rings (SSSR count). The van der Waals surface area contributed by atoms with Crippen LogP contribution in [0.5, 0.6) is 0 Å². The molecule has 1 aromatic carbocycles. The number of benzene rings is 1. The molecule has 1 heterocycles. The molecule has 0 bridgehead atoms. The predicted molar refractivity (Wildman–Crippen MR) is 90.5 cm³/mol. The molecule has 1 aromatic rings. The number of rotatable bonds is 4. The fraction of sp³-hybridized carbons (Fsp3) is 0.500. The van der Waals surface area contributed by atoms with Gasteiger partial charge in [0.15, 0.2) is 5.17 Å². The lowest BCUT2D eigenvalue weighted by Gasteiger charge is -2.19. The molecule has 1 aliphatic heterocycles. The summed E-state index contributed by atoms with van der Waals surface area (Å²) in [4.78, 5) is 4.53. The predicted octanol–water partition coefficient (Wildman–Crippen LogP) is 5.56. The van der Waals surface area contributed by atoms with Crippen LogP contribution in [0.4, 0.5) is 10.1 Å². The Labute approximate surface area is 136 Å². The van der Waals surface area contributed by atoms with Gasteiger partial charge in [0.2, 0.25) is 0 Å². The van der Waals surface area contributed by atoms with Crippen LogP contribution >= 0.6 is 39.3 Å². The molecular formula is C14H17BrClFN2S. The number of amidine groups is 1. The lowest BCUT2D eigenvalue weighted by atomic mass is 9.99. The standard InChI is InChI=1S/C14H17BrClFN2S/c1-3-8(4-2)12-7-18-14(20-12)19-13-10(15)5-9(17)6-11(13)16/h5-6,8,12H,3-4,7H2,1-2H3,(H,18,19). The molecule has 6 heteroatoms. The molecule has 0 fully saturated rings. The molecule has 2 nitrogen and oxygen atoms in total. The Balaban J connectivity index is 2.06. The average molecular weight is 380 g/mol.